The van der Waals surface area contributed by atoms with Crippen LogP contribution in [0, 0.1) is 10.1 Å². The molecule has 1 N–H and O–H groups in total. The van der Waals surface area contributed by atoms with Crippen LogP contribution >= 0.6 is 0 Å². The smallest absolute Gasteiger partial charge is 0.333 e. The first-order chi connectivity index (χ1) is 11.6. The summed E-state index contributed by atoms with van der Waals surface area (Å²) in [6, 6.07) is 1.97. The molecule has 2 aromatic heterocycles. The van der Waals surface area contributed by atoms with Crippen molar-refractivity contribution in [3.63, 3.8) is 0 Å². The molecule has 0 spiro atoms. The summed E-state index contributed by atoms with van der Waals surface area (Å²) in [7, 11) is 1.74. The van der Waals surface area contributed by atoms with Gasteiger partial charge in [0, 0.05) is 38.6 Å². The standard InChI is InChI=1S/C15H21N7O2/c1-3-12-13(22(23)24)14(20(2)19-12)18-11-5-9-21(10-6-11)15-16-7-4-8-17-15/h4,7-8,11,18H,3,5-6,9-10H2,1-2H3. The number of hydrogen-bond donors (Lipinski definition) is 1. The lowest BCUT2D eigenvalue weighted by atomic mass is 10.1. The van der Waals surface area contributed by atoms with Crippen LogP contribution < -0.4 is 10.2 Å². The Kier molecular flexibility index (Phi) is 4.59. The molecule has 0 radical (unpaired) electrons. The van der Waals surface area contributed by atoms with Crippen molar-refractivity contribution in [2.75, 3.05) is 23.3 Å². The Labute approximate surface area is 139 Å². The molecule has 128 valence electrons. The van der Waals surface area contributed by atoms with E-state index in [1.54, 1.807) is 30.2 Å². The molecule has 3 rings (SSSR count). The Bertz CT molecular complexity index is 708. The average Bonchev–Trinajstić information content (AvgIpc) is 2.92. The number of rotatable bonds is 5. The summed E-state index contributed by atoms with van der Waals surface area (Å²) < 4.78 is 1.57. The molecule has 0 atom stereocenters. The van der Waals surface area contributed by atoms with E-state index in [0.29, 0.717) is 17.9 Å². The topological polar surface area (TPSA) is 102 Å². The van der Waals surface area contributed by atoms with E-state index >= 15 is 0 Å². The first-order valence-electron chi connectivity index (χ1n) is 8.09. The molecule has 0 amide bonds. The van der Waals surface area contributed by atoms with Gasteiger partial charge in [0.15, 0.2) is 0 Å². The third-order valence-corrected chi connectivity index (χ3v) is 4.28. The molecule has 0 saturated carbocycles. The van der Waals surface area contributed by atoms with E-state index in [4.69, 9.17) is 0 Å². The number of nitrogens with one attached hydrogen (secondary N) is 1. The van der Waals surface area contributed by atoms with Gasteiger partial charge in [-0.1, -0.05) is 6.92 Å². The summed E-state index contributed by atoms with van der Waals surface area (Å²) in [6.45, 7) is 3.50. The summed E-state index contributed by atoms with van der Waals surface area (Å²) >= 11 is 0. The Morgan fingerprint density at radius 3 is 2.58 bits per heavy atom. The van der Waals surface area contributed by atoms with Crippen LogP contribution in [-0.4, -0.2) is 43.8 Å². The highest BCUT2D eigenvalue weighted by Crippen LogP contribution is 2.30. The van der Waals surface area contributed by atoms with Gasteiger partial charge in [-0.3, -0.25) is 10.1 Å². The first-order valence-corrected chi connectivity index (χ1v) is 8.09. The minimum absolute atomic E-state index is 0.0915. The van der Waals surface area contributed by atoms with E-state index in [1.165, 1.54) is 0 Å². The maximum absolute atomic E-state index is 11.4. The van der Waals surface area contributed by atoms with Crippen LogP contribution in [0.1, 0.15) is 25.5 Å². The van der Waals surface area contributed by atoms with Crippen molar-refractivity contribution < 1.29 is 4.92 Å². The SMILES string of the molecule is CCc1nn(C)c(NC2CCN(c3ncccn3)CC2)c1[N+](=O)[O-]. The van der Waals surface area contributed by atoms with E-state index in [0.717, 1.165) is 31.9 Å². The lowest BCUT2D eigenvalue weighted by Crippen LogP contribution is -2.40. The Hall–Kier alpha value is -2.71. The van der Waals surface area contributed by atoms with Gasteiger partial charge in [0.25, 0.3) is 0 Å². The zero-order valence-corrected chi connectivity index (χ0v) is 13.8. The summed E-state index contributed by atoms with van der Waals surface area (Å²) in [5.74, 6) is 1.22. The normalized spacial score (nSPS) is 15.5. The summed E-state index contributed by atoms with van der Waals surface area (Å²) in [5, 5.41) is 19.0. The third-order valence-electron chi connectivity index (χ3n) is 4.28. The van der Waals surface area contributed by atoms with Gasteiger partial charge in [-0.15, -0.1) is 0 Å². The quantitative estimate of drug-likeness (QED) is 0.658. The number of nitrogens with zero attached hydrogens (tertiary/aromatic N) is 6. The lowest BCUT2D eigenvalue weighted by molar-refractivity contribution is -0.384. The Balaban J connectivity index is 1.69. The van der Waals surface area contributed by atoms with Crippen LogP contribution in [0.25, 0.3) is 0 Å². The monoisotopic (exact) mass is 331 g/mol. The maximum Gasteiger partial charge on any atom is 0.333 e. The van der Waals surface area contributed by atoms with Gasteiger partial charge in [-0.25, -0.2) is 14.6 Å². The Morgan fingerprint density at radius 2 is 2.00 bits per heavy atom. The van der Waals surface area contributed by atoms with Crippen LogP contribution in [0.15, 0.2) is 18.5 Å². The molecule has 0 bridgehead atoms. The number of anilines is 2. The molecule has 9 nitrogen and oxygen atoms in total. The third kappa shape index (κ3) is 3.15. The number of hydrogen-bond acceptors (Lipinski definition) is 7. The fourth-order valence-corrected chi connectivity index (χ4v) is 3.03. The molecule has 9 heteroatoms. The summed E-state index contributed by atoms with van der Waals surface area (Å²) in [5.41, 5.74) is 0.606. The number of piperidine rings is 1. The van der Waals surface area contributed by atoms with Gasteiger partial charge in [0.1, 0.15) is 5.69 Å². The minimum atomic E-state index is -0.346. The number of aromatic nitrogens is 4. The molecular formula is C15H21N7O2. The van der Waals surface area contributed by atoms with Crippen molar-refractivity contribution in [2.24, 2.45) is 7.05 Å². The molecule has 24 heavy (non-hydrogen) atoms. The van der Waals surface area contributed by atoms with Crippen molar-refractivity contribution in [2.45, 2.75) is 32.2 Å². The number of nitro groups is 1. The van der Waals surface area contributed by atoms with E-state index in [2.05, 4.69) is 25.3 Å². The molecule has 1 aliphatic heterocycles. The molecule has 0 aromatic carbocycles. The van der Waals surface area contributed by atoms with Crippen molar-refractivity contribution in [1.82, 2.24) is 19.7 Å². The van der Waals surface area contributed by atoms with Crippen LogP contribution in [0.5, 0.6) is 0 Å². The summed E-state index contributed by atoms with van der Waals surface area (Å²) in [4.78, 5) is 21.7. The largest absolute Gasteiger partial charge is 0.362 e. The van der Waals surface area contributed by atoms with Gasteiger partial charge < -0.3 is 10.2 Å². The zero-order valence-electron chi connectivity index (χ0n) is 13.8. The Morgan fingerprint density at radius 1 is 1.33 bits per heavy atom. The molecule has 1 aliphatic rings. The molecule has 2 aromatic rings. The molecule has 0 unspecified atom stereocenters. The predicted molar refractivity (Wildman–Crippen MR) is 90.1 cm³/mol. The first kappa shape index (κ1) is 16.2. The second-order valence-corrected chi connectivity index (χ2v) is 5.83. The van der Waals surface area contributed by atoms with Gasteiger partial charge >= 0.3 is 5.69 Å². The van der Waals surface area contributed by atoms with Crippen LogP contribution in [0.3, 0.4) is 0 Å². The number of aryl methyl sites for hydroxylation is 2. The second kappa shape index (κ2) is 6.81. The minimum Gasteiger partial charge on any atom is -0.362 e. The van der Waals surface area contributed by atoms with Crippen LogP contribution in [-0.2, 0) is 13.5 Å². The molecular weight excluding hydrogens is 310 g/mol. The van der Waals surface area contributed by atoms with Crippen molar-refractivity contribution in [1.29, 1.82) is 0 Å². The van der Waals surface area contributed by atoms with E-state index < -0.39 is 0 Å². The molecule has 1 saturated heterocycles. The molecule has 3 heterocycles. The fraction of sp³-hybridized carbons (Fsp3) is 0.533. The van der Waals surface area contributed by atoms with Gasteiger partial charge in [-0.05, 0) is 25.3 Å². The van der Waals surface area contributed by atoms with E-state index in [1.807, 2.05) is 6.92 Å². The van der Waals surface area contributed by atoms with Crippen LogP contribution in [0.4, 0.5) is 17.5 Å². The van der Waals surface area contributed by atoms with Gasteiger partial charge in [-0.2, -0.15) is 5.10 Å². The lowest BCUT2D eigenvalue weighted by Gasteiger charge is -2.32. The predicted octanol–water partition coefficient (Wildman–Crippen LogP) is 1.76. The summed E-state index contributed by atoms with van der Waals surface area (Å²) in [6.07, 6.45) is 5.73. The highest BCUT2D eigenvalue weighted by molar-refractivity contribution is 5.60. The van der Waals surface area contributed by atoms with Crippen molar-refractivity contribution in [3.05, 3.63) is 34.3 Å². The van der Waals surface area contributed by atoms with Gasteiger partial charge in [0.05, 0.1) is 4.92 Å². The van der Waals surface area contributed by atoms with E-state index in [9.17, 15) is 10.1 Å². The highest BCUT2D eigenvalue weighted by atomic mass is 16.6. The van der Waals surface area contributed by atoms with Gasteiger partial charge in [0.2, 0.25) is 11.8 Å². The van der Waals surface area contributed by atoms with E-state index in [-0.39, 0.29) is 16.7 Å². The highest BCUT2D eigenvalue weighted by Gasteiger charge is 2.29. The molecule has 1 fully saturated rings. The average molecular weight is 331 g/mol. The maximum atomic E-state index is 11.4. The van der Waals surface area contributed by atoms with Crippen molar-refractivity contribution >= 4 is 17.5 Å². The second-order valence-electron chi connectivity index (χ2n) is 5.83. The zero-order chi connectivity index (χ0) is 17.1. The fourth-order valence-electron chi connectivity index (χ4n) is 3.03. The molecule has 0 aliphatic carbocycles. The van der Waals surface area contributed by atoms with Crippen LogP contribution in [0.2, 0.25) is 0 Å². The van der Waals surface area contributed by atoms with Crippen molar-refractivity contribution in [3.8, 4) is 0 Å².